The Labute approximate surface area is 221 Å². The van der Waals surface area contributed by atoms with Crippen LogP contribution in [0.1, 0.15) is 48.8 Å². The third kappa shape index (κ3) is 4.99. The number of aliphatic hydroxyl groups is 1. The monoisotopic (exact) mass is 511 g/mol. The molecule has 194 valence electrons. The summed E-state index contributed by atoms with van der Waals surface area (Å²) in [7, 11) is 0. The molecule has 2 atom stereocenters. The van der Waals surface area contributed by atoms with Crippen molar-refractivity contribution in [3.05, 3.63) is 95.3 Å². The molecule has 0 saturated heterocycles. The molecule has 0 bridgehead atoms. The fraction of sp³-hybridized carbons (Fsp3) is 0.267. The smallest absolute Gasteiger partial charge is 0.319 e. The Balaban J connectivity index is 1.48. The van der Waals surface area contributed by atoms with Crippen molar-refractivity contribution < 1.29 is 14.3 Å². The van der Waals surface area contributed by atoms with Gasteiger partial charge in [-0.3, -0.25) is 0 Å². The van der Waals surface area contributed by atoms with Gasteiger partial charge in [-0.05, 0) is 60.6 Å². The average molecular weight is 512 g/mol. The van der Waals surface area contributed by atoms with E-state index >= 15 is 0 Å². The van der Waals surface area contributed by atoms with E-state index in [0.29, 0.717) is 29.2 Å². The first kappa shape index (κ1) is 25.5. The van der Waals surface area contributed by atoms with Crippen LogP contribution in [0.2, 0.25) is 0 Å². The number of fused-ring (bicyclic) bond motifs is 1. The zero-order chi connectivity index (χ0) is 27.0. The van der Waals surface area contributed by atoms with Crippen LogP contribution in [-0.4, -0.2) is 32.2 Å². The molecule has 4 aromatic rings. The number of aliphatic hydroxyl groups excluding tert-OH is 1. The second-order valence-electron chi connectivity index (χ2n) is 10.4. The van der Waals surface area contributed by atoms with Crippen molar-refractivity contribution in [2.24, 2.45) is 0 Å². The van der Waals surface area contributed by atoms with Gasteiger partial charge >= 0.3 is 6.03 Å². The summed E-state index contributed by atoms with van der Waals surface area (Å²) < 4.78 is 14.1. The normalized spacial score (nSPS) is 17.9. The number of urea groups is 1. The molecule has 3 N–H and O–H groups in total. The van der Waals surface area contributed by atoms with E-state index in [9.17, 15) is 14.3 Å². The SMILES string of the molecule is Cc1ncc(-c2nc(-c3ccccc3)c(NC(=O)N[C@H]3c4ccc(F)cc4C(C)(C)C[C@H]3O)cc2C)cn1. The number of halogens is 1. The highest BCUT2D eigenvalue weighted by Crippen LogP contribution is 2.42. The molecule has 0 radical (unpaired) electrons. The number of nitrogens with zero attached hydrogens (tertiary/aromatic N) is 3. The van der Waals surface area contributed by atoms with Crippen LogP contribution in [0.5, 0.6) is 0 Å². The van der Waals surface area contributed by atoms with E-state index in [1.54, 1.807) is 18.5 Å². The predicted molar refractivity (Wildman–Crippen MR) is 145 cm³/mol. The summed E-state index contributed by atoms with van der Waals surface area (Å²) in [5, 5.41) is 16.8. The lowest BCUT2D eigenvalue weighted by atomic mass is 9.69. The maximum Gasteiger partial charge on any atom is 0.319 e. The summed E-state index contributed by atoms with van der Waals surface area (Å²) in [5.74, 6) is 0.326. The number of carbonyl (C=O) groups is 1. The highest BCUT2D eigenvalue weighted by atomic mass is 19.1. The van der Waals surface area contributed by atoms with Gasteiger partial charge in [0.1, 0.15) is 11.6 Å². The van der Waals surface area contributed by atoms with E-state index in [-0.39, 0.29) is 5.82 Å². The van der Waals surface area contributed by atoms with Crippen molar-refractivity contribution in [3.63, 3.8) is 0 Å². The molecule has 1 aliphatic carbocycles. The molecule has 8 heteroatoms. The largest absolute Gasteiger partial charge is 0.391 e. The average Bonchev–Trinajstić information content (AvgIpc) is 2.88. The third-order valence-corrected chi connectivity index (χ3v) is 7.03. The number of aromatic nitrogens is 3. The van der Waals surface area contributed by atoms with Crippen molar-refractivity contribution in [2.75, 3.05) is 5.32 Å². The van der Waals surface area contributed by atoms with E-state index in [1.165, 1.54) is 12.1 Å². The van der Waals surface area contributed by atoms with Crippen molar-refractivity contribution in [3.8, 4) is 22.5 Å². The van der Waals surface area contributed by atoms with Crippen LogP contribution in [0.4, 0.5) is 14.9 Å². The molecule has 38 heavy (non-hydrogen) atoms. The third-order valence-electron chi connectivity index (χ3n) is 7.03. The Morgan fingerprint density at radius 3 is 2.42 bits per heavy atom. The molecule has 2 aromatic heterocycles. The fourth-order valence-electron chi connectivity index (χ4n) is 5.15. The lowest BCUT2D eigenvalue weighted by Crippen LogP contribution is -2.45. The number of hydrogen-bond donors (Lipinski definition) is 3. The first-order valence-corrected chi connectivity index (χ1v) is 12.5. The number of anilines is 1. The highest BCUT2D eigenvalue weighted by Gasteiger charge is 2.39. The molecule has 5 rings (SSSR count). The van der Waals surface area contributed by atoms with Gasteiger partial charge in [0.15, 0.2) is 0 Å². The molecule has 7 nitrogen and oxygen atoms in total. The summed E-state index contributed by atoms with van der Waals surface area (Å²) in [6.07, 6.45) is 3.03. The Bertz CT molecular complexity index is 1490. The molecule has 2 amide bonds. The Kier molecular flexibility index (Phi) is 6.67. The Morgan fingerprint density at radius 1 is 1.00 bits per heavy atom. The van der Waals surface area contributed by atoms with E-state index in [2.05, 4.69) is 20.6 Å². The predicted octanol–water partition coefficient (Wildman–Crippen LogP) is 5.87. The minimum absolute atomic E-state index is 0.343. The van der Waals surface area contributed by atoms with Gasteiger partial charge in [0.2, 0.25) is 0 Å². The number of aryl methyl sites for hydroxylation is 2. The number of nitrogens with one attached hydrogen (secondary N) is 2. The van der Waals surface area contributed by atoms with Crippen LogP contribution < -0.4 is 10.6 Å². The summed E-state index contributed by atoms with van der Waals surface area (Å²) >= 11 is 0. The van der Waals surface area contributed by atoms with Gasteiger partial charge in [-0.15, -0.1) is 0 Å². The van der Waals surface area contributed by atoms with E-state index in [1.807, 2.05) is 64.1 Å². The zero-order valence-electron chi connectivity index (χ0n) is 21.8. The molecule has 0 spiro atoms. The molecule has 0 unspecified atom stereocenters. The van der Waals surface area contributed by atoms with Crippen molar-refractivity contribution in [1.29, 1.82) is 0 Å². The first-order valence-electron chi connectivity index (χ1n) is 12.5. The van der Waals surface area contributed by atoms with Gasteiger partial charge in [-0.1, -0.05) is 50.2 Å². The highest BCUT2D eigenvalue weighted by molar-refractivity contribution is 5.94. The van der Waals surface area contributed by atoms with Crippen LogP contribution in [0.3, 0.4) is 0 Å². The van der Waals surface area contributed by atoms with Crippen molar-refractivity contribution in [2.45, 2.75) is 51.7 Å². The number of rotatable bonds is 4. The van der Waals surface area contributed by atoms with Gasteiger partial charge in [0.25, 0.3) is 0 Å². The second-order valence-corrected chi connectivity index (χ2v) is 10.4. The summed E-state index contributed by atoms with van der Waals surface area (Å²) in [5.41, 5.74) is 5.34. The summed E-state index contributed by atoms with van der Waals surface area (Å²) in [6, 6.07) is 14.8. The molecule has 0 saturated carbocycles. The maximum absolute atomic E-state index is 14.1. The van der Waals surface area contributed by atoms with Gasteiger partial charge in [-0.2, -0.15) is 0 Å². The quantitative estimate of drug-likeness (QED) is 0.318. The Hall–Kier alpha value is -4.17. The van der Waals surface area contributed by atoms with E-state index in [0.717, 1.165) is 27.9 Å². The fourth-order valence-corrected chi connectivity index (χ4v) is 5.15. The van der Waals surface area contributed by atoms with E-state index < -0.39 is 23.6 Å². The molecule has 2 aromatic carbocycles. The summed E-state index contributed by atoms with van der Waals surface area (Å²) in [6.45, 7) is 7.67. The number of benzene rings is 2. The molecular formula is C30H30FN5O2. The van der Waals surface area contributed by atoms with E-state index in [4.69, 9.17) is 4.98 Å². The number of carbonyl (C=O) groups excluding carboxylic acids is 1. The lowest BCUT2D eigenvalue weighted by Gasteiger charge is -2.40. The van der Waals surface area contributed by atoms with Crippen LogP contribution in [0.25, 0.3) is 22.5 Å². The topological polar surface area (TPSA) is 100 Å². The standard InChI is InChI=1S/C30H30FN5O2/c1-17-12-24(27(19-8-6-5-7-9-19)35-26(17)20-15-32-18(2)33-16-20)34-29(38)36-28-22-11-10-21(31)13-23(22)30(3,4)14-25(28)37/h5-13,15-16,25,28,37H,14H2,1-4H3,(H2,34,36,38)/t25-,28+/m1/s1. The van der Waals surface area contributed by atoms with Crippen LogP contribution >= 0.6 is 0 Å². The minimum Gasteiger partial charge on any atom is -0.391 e. The maximum atomic E-state index is 14.1. The Morgan fingerprint density at radius 2 is 1.71 bits per heavy atom. The van der Waals surface area contributed by atoms with Crippen LogP contribution in [0.15, 0.2) is 67.0 Å². The number of pyridine rings is 1. The zero-order valence-corrected chi connectivity index (χ0v) is 21.8. The minimum atomic E-state index is -0.828. The van der Waals surface area contributed by atoms with Gasteiger partial charge in [0.05, 0.1) is 29.2 Å². The second kappa shape index (κ2) is 9.95. The van der Waals surface area contributed by atoms with Gasteiger partial charge in [0, 0.05) is 23.5 Å². The lowest BCUT2D eigenvalue weighted by molar-refractivity contribution is 0.0881. The van der Waals surface area contributed by atoms with Crippen molar-refractivity contribution in [1.82, 2.24) is 20.3 Å². The van der Waals surface area contributed by atoms with Crippen LogP contribution in [-0.2, 0) is 5.41 Å². The van der Waals surface area contributed by atoms with Crippen molar-refractivity contribution >= 4 is 11.7 Å². The van der Waals surface area contributed by atoms with Crippen LogP contribution in [0, 0.1) is 19.7 Å². The van der Waals surface area contributed by atoms with Gasteiger partial charge < -0.3 is 15.7 Å². The molecule has 0 aliphatic heterocycles. The molecule has 2 heterocycles. The molecule has 0 fully saturated rings. The number of amides is 2. The number of hydrogen-bond acceptors (Lipinski definition) is 5. The molecule has 1 aliphatic rings. The summed E-state index contributed by atoms with van der Waals surface area (Å²) in [4.78, 5) is 26.8. The van der Waals surface area contributed by atoms with Gasteiger partial charge in [-0.25, -0.2) is 24.1 Å². The first-order chi connectivity index (χ1) is 18.1. The molecular weight excluding hydrogens is 481 g/mol.